The van der Waals surface area contributed by atoms with Crippen molar-refractivity contribution in [1.82, 2.24) is 5.43 Å². The van der Waals surface area contributed by atoms with E-state index in [1.165, 1.54) is 17.6 Å². The van der Waals surface area contributed by atoms with E-state index in [0.29, 0.717) is 16.4 Å². The molecule has 0 fully saturated rings. The maximum atomic E-state index is 12.0. The minimum absolute atomic E-state index is 0.153. The predicted octanol–water partition coefficient (Wildman–Crippen LogP) is 5.16. The van der Waals surface area contributed by atoms with Gasteiger partial charge in [0.25, 0.3) is 5.91 Å². The summed E-state index contributed by atoms with van der Waals surface area (Å²) in [5.41, 5.74) is 5.35. The molecule has 0 radical (unpaired) electrons. The highest BCUT2D eigenvalue weighted by Crippen LogP contribution is 2.22. The van der Waals surface area contributed by atoms with Gasteiger partial charge in [0.2, 0.25) is 0 Å². The van der Waals surface area contributed by atoms with Gasteiger partial charge >= 0.3 is 5.97 Å². The SMILES string of the molecule is O=C(COc1ccc(-c2ccccc2)cc1)N/N=C/c1ccc(OC(=O)c2cccs2)cc1. The maximum absolute atomic E-state index is 12.0. The number of carbonyl (C=O) groups excluding carboxylic acids is 2. The fourth-order valence-corrected chi connectivity index (χ4v) is 3.51. The number of carbonyl (C=O) groups is 2. The van der Waals surface area contributed by atoms with Crippen LogP contribution in [0.15, 0.2) is 101 Å². The highest BCUT2D eigenvalue weighted by molar-refractivity contribution is 7.12. The Balaban J connectivity index is 1.21. The zero-order valence-electron chi connectivity index (χ0n) is 17.5. The van der Waals surface area contributed by atoms with Crippen LogP contribution >= 0.6 is 11.3 Å². The number of ether oxygens (including phenoxy) is 2. The summed E-state index contributed by atoms with van der Waals surface area (Å²) >= 11 is 1.32. The van der Waals surface area contributed by atoms with E-state index < -0.39 is 5.97 Å². The van der Waals surface area contributed by atoms with Crippen molar-refractivity contribution < 1.29 is 19.1 Å². The second-order valence-electron chi connectivity index (χ2n) is 6.91. The van der Waals surface area contributed by atoms with E-state index in [2.05, 4.69) is 10.5 Å². The van der Waals surface area contributed by atoms with Crippen molar-refractivity contribution in [3.05, 3.63) is 107 Å². The van der Waals surface area contributed by atoms with Crippen molar-refractivity contribution in [2.75, 3.05) is 6.61 Å². The van der Waals surface area contributed by atoms with E-state index in [4.69, 9.17) is 9.47 Å². The lowest BCUT2D eigenvalue weighted by molar-refractivity contribution is -0.123. The fourth-order valence-electron chi connectivity index (χ4n) is 2.91. The lowest BCUT2D eigenvalue weighted by atomic mass is 10.1. The largest absolute Gasteiger partial charge is 0.484 e. The van der Waals surface area contributed by atoms with Crippen LogP contribution in [0.1, 0.15) is 15.2 Å². The van der Waals surface area contributed by atoms with E-state index in [0.717, 1.165) is 16.7 Å². The Morgan fingerprint density at radius 2 is 1.52 bits per heavy atom. The molecule has 0 aliphatic carbocycles. The first kappa shape index (κ1) is 22.0. The Hall–Kier alpha value is -4.23. The summed E-state index contributed by atoms with van der Waals surface area (Å²) in [6.45, 7) is -0.153. The standard InChI is InChI=1S/C26H20N2O4S/c29-25(18-31-22-14-10-21(11-15-22)20-5-2-1-3-6-20)28-27-17-19-8-12-23(13-9-19)32-26(30)24-7-4-16-33-24/h1-17H,18H2,(H,28,29)/b27-17+. The lowest BCUT2D eigenvalue weighted by Gasteiger charge is -2.06. The number of amides is 1. The van der Waals surface area contributed by atoms with Crippen LogP contribution in [0.4, 0.5) is 0 Å². The highest BCUT2D eigenvalue weighted by Gasteiger charge is 2.09. The van der Waals surface area contributed by atoms with Gasteiger partial charge in [-0.3, -0.25) is 4.79 Å². The summed E-state index contributed by atoms with van der Waals surface area (Å²) in [7, 11) is 0. The highest BCUT2D eigenvalue weighted by atomic mass is 32.1. The number of nitrogens with one attached hydrogen (secondary N) is 1. The zero-order chi connectivity index (χ0) is 22.9. The molecule has 1 amide bonds. The van der Waals surface area contributed by atoms with Crippen LogP contribution in [-0.4, -0.2) is 24.7 Å². The minimum atomic E-state index is -0.395. The topological polar surface area (TPSA) is 77.0 Å². The second-order valence-corrected chi connectivity index (χ2v) is 7.86. The van der Waals surface area contributed by atoms with Crippen molar-refractivity contribution in [2.24, 2.45) is 5.10 Å². The molecule has 1 heterocycles. The van der Waals surface area contributed by atoms with Gasteiger partial charge in [0.15, 0.2) is 6.61 Å². The maximum Gasteiger partial charge on any atom is 0.353 e. The van der Waals surface area contributed by atoms with Gasteiger partial charge in [0.05, 0.1) is 6.21 Å². The Bertz CT molecular complexity index is 1220. The van der Waals surface area contributed by atoms with Crippen molar-refractivity contribution >= 4 is 29.4 Å². The molecule has 7 heteroatoms. The first-order valence-corrected chi connectivity index (χ1v) is 11.0. The molecular weight excluding hydrogens is 436 g/mol. The Morgan fingerprint density at radius 3 is 2.21 bits per heavy atom. The molecule has 4 aromatic rings. The molecule has 1 N–H and O–H groups in total. The van der Waals surface area contributed by atoms with Crippen LogP contribution in [0, 0.1) is 0 Å². The number of hydrogen-bond donors (Lipinski definition) is 1. The van der Waals surface area contributed by atoms with E-state index in [1.807, 2.05) is 60.0 Å². The van der Waals surface area contributed by atoms with Crippen molar-refractivity contribution in [3.63, 3.8) is 0 Å². The van der Waals surface area contributed by atoms with E-state index in [9.17, 15) is 9.59 Å². The Morgan fingerprint density at radius 1 is 0.818 bits per heavy atom. The van der Waals surface area contributed by atoms with Crippen LogP contribution < -0.4 is 14.9 Å². The summed E-state index contributed by atoms with van der Waals surface area (Å²) < 4.78 is 10.8. The van der Waals surface area contributed by atoms with Crippen LogP contribution in [0.2, 0.25) is 0 Å². The van der Waals surface area contributed by atoms with Crippen LogP contribution in [0.25, 0.3) is 11.1 Å². The predicted molar refractivity (Wildman–Crippen MR) is 129 cm³/mol. The van der Waals surface area contributed by atoms with Crippen LogP contribution in [0.5, 0.6) is 11.5 Å². The molecule has 164 valence electrons. The molecule has 6 nitrogen and oxygen atoms in total. The van der Waals surface area contributed by atoms with Gasteiger partial charge in [-0.2, -0.15) is 5.10 Å². The molecule has 0 unspecified atom stereocenters. The molecule has 1 aromatic heterocycles. The van der Waals surface area contributed by atoms with E-state index in [1.54, 1.807) is 36.4 Å². The Labute approximate surface area is 195 Å². The average Bonchev–Trinajstić information content (AvgIpc) is 3.40. The zero-order valence-corrected chi connectivity index (χ0v) is 18.3. The van der Waals surface area contributed by atoms with E-state index in [-0.39, 0.29) is 12.5 Å². The molecule has 0 aliphatic heterocycles. The first-order valence-electron chi connectivity index (χ1n) is 10.1. The van der Waals surface area contributed by atoms with Crippen LogP contribution in [0.3, 0.4) is 0 Å². The van der Waals surface area contributed by atoms with Gasteiger partial charge in [-0.25, -0.2) is 10.2 Å². The summed E-state index contributed by atoms with van der Waals surface area (Å²) in [6, 6.07) is 27.9. The quantitative estimate of drug-likeness (QED) is 0.172. The average molecular weight is 457 g/mol. The molecule has 0 saturated carbocycles. The molecule has 4 rings (SSSR count). The first-order chi connectivity index (χ1) is 16.2. The van der Waals surface area contributed by atoms with Crippen molar-refractivity contribution in [1.29, 1.82) is 0 Å². The van der Waals surface area contributed by atoms with Gasteiger partial charge in [0, 0.05) is 0 Å². The van der Waals surface area contributed by atoms with Gasteiger partial charge in [-0.15, -0.1) is 11.3 Å². The van der Waals surface area contributed by atoms with Gasteiger partial charge < -0.3 is 9.47 Å². The number of nitrogens with zero attached hydrogens (tertiary/aromatic N) is 1. The fraction of sp³-hybridized carbons (Fsp3) is 0.0385. The number of hydrazone groups is 1. The summed E-state index contributed by atoms with van der Waals surface area (Å²) in [5, 5.41) is 5.74. The van der Waals surface area contributed by atoms with Crippen molar-refractivity contribution in [2.45, 2.75) is 0 Å². The number of esters is 1. The number of benzene rings is 3. The van der Waals surface area contributed by atoms with Gasteiger partial charge in [-0.1, -0.05) is 48.5 Å². The van der Waals surface area contributed by atoms with Crippen molar-refractivity contribution in [3.8, 4) is 22.6 Å². The third-order valence-electron chi connectivity index (χ3n) is 4.55. The molecular formula is C26H20N2O4S. The lowest BCUT2D eigenvalue weighted by Crippen LogP contribution is -2.24. The minimum Gasteiger partial charge on any atom is -0.484 e. The molecule has 0 spiro atoms. The summed E-state index contributed by atoms with van der Waals surface area (Å²) in [6.07, 6.45) is 1.50. The third kappa shape index (κ3) is 6.38. The summed E-state index contributed by atoms with van der Waals surface area (Å²) in [5.74, 6) is 0.260. The molecule has 3 aromatic carbocycles. The summed E-state index contributed by atoms with van der Waals surface area (Å²) in [4.78, 5) is 24.5. The normalized spacial score (nSPS) is 10.7. The number of hydrogen-bond acceptors (Lipinski definition) is 6. The number of thiophene rings is 1. The molecule has 0 aliphatic rings. The van der Waals surface area contributed by atoms with Crippen LogP contribution in [-0.2, 0) is 4.79 Å². The Kier molecular flexibility index (Phi) is 7.25. The number of rotatable bonds is 8. The smallest absolute Gasteiger partial charge is 0.353 e. The van der Waals surface area contributed by atoms with Gasteiger partial charge in [-0.05, 0) is 64.5 Å². The second kappa shape index (κ2) is 10.9. The molecule has 0 saturated heterocycles. The van der Waals surface area contributed by atoms with Gasteiger partial charge in [0.1, 0.15) is 16.4 Å². The molecule has 33 heavy (non-hydrogen) atoms. The molecule has 0 atom stereocenters. The van der Waals surface area contributed by atoms with E-state index >= 15 is 0 Å². The monoisotopic (exact) mass is 456 g/mol. The third-order valence-corrected chi connectivity index (χ3v) is 5.40. The molecule has 0 bridgehead atoms.